The molecule has 1 aromatic carbocycles. The van der Waals surface area contributed by atoms with Gasteiger partial charge in [-0.25, -0.2) is 0 Å². The Labute approximate surface area is 199 Å². The molecule has 0 saturated carbocycles. The number of benzene rings is 1. The van der Waals surface area contributed by atoms with Crippen molar-refractivity contribution in [2.45, 2.75) is 19.5 Å². The van der Waals surface area contributed by atoms with Crippen LogP contribution in [0.4, 0.5) is 0 Å². The van der Waals surface area contributed by atoms with E-state index >= 15 is 0 Å². The summed E-state index contributed by atoms with van der Waals surface area (Å²) in [6, 6.07) is 12.7. The zero-order valence-corrected chi connectivity index (χ0v) is 19.7. The van der Waals surface area contributed by atoms with E-state index in [1.165, 1.54) is 0 Å². The molecule has 8 heteroatoms. The number of aromatic hydroxyl groups is 1. The predicted octanol–water partition coefficient (Wildman–Crippen LogP) is 2.01. The predicted molar refractivity (Wildman–Crippen MR) is 130 cm³/mol. The first-order valence-electron chi connectivity index (χ1n) is 11.5. The Morgan fingerprint density at radius 1 is 1.12 bits per heavy atom. The number of nitrogens with zero attached hydrogens (tertiary/aromatic N) is 4. The van der Waals surface area contributed by atoms with Gasteiger partial charge in [0.2, 0.25) is 0 Å². The SMILES string of the molecule is COc1cccc(C(c2c(O)cc(C)n(Cc3cccnc3)c2=O)N2CCN(CCO)CC2)c1. The van der Waals surface area contributed by atoms with Crippen LogP contribution in [0.1, 0.15) is 28.4 Å². The summed E-state index contributed by atoms with van der Waals surface area (Å²) < 4.78 is 7.15. The van der Waals surface area contributed by atoms with Gasteiger partial charge in [0.25, 0.3) is 5.56 Å². The van der Waals surface area contributed by atoms with Crippen molar-refractivity contribution in [3.05, 3.63) is 87.6 Å². The van der Waals surface area contributed by atoms with Crippen molar-refractivity contribution >= 4 is 0 Å². The van der Waals surface area contributed by atoms with E-state index in [-0.39, 0.29) is 17.9 Å². The Morgan fingerprint density at radius 3 is 2.59 bits per heavy atom. The standard InChI is InChI=1S/C26H32N4O4/c1-19-15-23(32)24(26(33)30(19)18-20-5-4-8-27-17-20)25(21-6-3-7-22(16-21)34-2)29-11-9-28(10-12-29)13-14-31/h3-8,15-17,25,31-32H,9-14,18H2,1-2H3. The quantitative estimate of drug-likeness (QED) is 0.527. The van der Waals surface area contributed by atoms with E-state index in [9.17, 15) is 15.0 Å². The lowest BCUT2D eigenvalue weighted by Crippen LogP contribution is -2.49. The number of rotatable bonds is 8. The summed E-state index contributed by atoms with van der Waals surface area (Å²) in [4.78, 5) is 22.5. The van der Waals surface area contributed by atoms with E-state index < -0.39 is 6.04 Å². The lowest BCUT2D eigenvalue weighted by molar-refractivity contribution is 0.0931. The Hall–Kier alpha value is -3.20. The van der Waals surface area contributed by atoms with E-state index in [0.29, 0.717) is 43.2 Å². The molecule has 1 unspecified atom stereocenters. The molecular weight excluding hydrogens is 432 g/mol. The number of hydrogen-bond acceptors (Lipinski definition) is 7. The highest BCUT2D eigenvalue weighted by molar-refractivity contribution is 5.43. The third-order valence-electron chi connectivity index (χ3n) is 6.46. The molecule has 2 aromatic heterocycles. The molecule has 8 nitrogen and oxygen atoms in total. The van der Waals surface area contributed by atoms with Crippen molar-refractivity contribution in [1.29, 1.82) is 0 Å². The molecule has 1 aliphatic rings. The van der Waals surface area contributed by atoms with Gasteiger partial charge in [0.1, 0.15) is 11.5 Å². The second-order valence-corrected chi connectivity index (χ2v) is 8.62. The van der Waals surface area contributed by atoms with Crippen LogP contribution in [0.25, 0.3) is 0 Å². The van der Waals surface area contributed by atoms with Gasteiger partial charge in [-0.3, -0.25) is 19.6 Å². The molecule has 0 bridgehead atoms. The Balaban J connectivity index is 1.79. The van der Waals surface area contributed by atoms with E-state index in [1.807, 2.05) is 43.3 Å². The third kappa shape index (κ3) is 5.14. The summed E-state index contributed by atoms with van der Waals surface area (Å²) in [5, 5.41) is 20.4. The average molecular weight is 465 g/mol. The molecule has 4 rings (SSSR count). The molecule has 0 spiro atoms. The van der Waals surface area contributed by atoms with Crippen molar-refractivity contribution in [3.8, 4) is 11.5 Å². The van der Waals surface area contributed by atoms with Crippen molar-refractivity contribution in [3.63, 3.8) is 0 Å². The lowest BCUT2D eigenvalue weighted by Gasteiger charge is -2.39. The molecular formula is C26H32N4O4. The Morgan fingerprint density at radius 2 is 1.91 bits per heavy atom. The second-order valence-electron chi connectivity index (χ2n) is 8.62. The lowest BCUT2D eigenvalue weighted by atomic mass is 9.95. The molecule has 34 heavy (non-hydrogen) atoms. The summed E-state index contributed by atoms with van der Waals surface area (Å²) in [5.74, 6) is 0.694. The van der Waals surface area contributed by atoms with Crippen LogP contribution in [0.2, 0.25) is 0 Å². The normalized spacial score (nSPS) is 15.9. The number of pyridine rings is 2. The maximum Gasteiger partial charge on any atom is 0.259 e. The molecule has 3 heterocycles. The van der Waals surface area contributed by atoms with Crippen molar-refractivity contribution < 1.29 is 14.9 Å². The molecule has 0 radical (unpaired) electrons. The monoisotopic (exact) mass is 464 g/mol. The first-order chi connectivity index (χ1) is 16.5. The van der Waals surface area contributed by atoms with Crippen LogP contribution in [0.15, 0.2) is 59.7 Å². The maximum atomic E-state index is 13.9. The molecule has 0 amide bonds. The number of aliphatic hydroxyl groups excluding tert-OH is 1. The fraction of sp³-hybridized carbons (Fsp3) is 0.385. The fourth-order valence-corrected chi connectivity index (χ4v) is 4.65. The highest BCUT2D eigenvalue weighted by Crippen LogP contribution is 2.34. The highest BCUT2D eigenvalue weighted by Gasteiger charge is 2.31. The number of ether oxygens (including phenoxy) is 1. The summed E-state index contributed by atoms with van der Waals surface area (Å²) in [6.45, 7) is 5.92. The number of piperazine rings is 1. The number of aryl methyl sites for hydroxylation is 1. The first kappa shape index (κ1) is 23.9. The smallest absolute Gasteiger partial charge is 0.259 e. The molecule has 1 atom stereocenters. The van der Waals surface area contributed by atoms with Gasteiger partial charge in [0.05, 0.1) is 31.9 Å². The summed E-state index contributed by atoms with van der Waals surface area (Å²) in [5.41, 5.74) is 2.64. The Bertz CT molecular complexity index is 1160. The van der Waals surface area contributed by atoms with Gasteiger partial charge in [-0.15, -0.1) is 0 Å². The zero-order valence-electron chi connectivity index (χ0n) is 19.7. The van der Waals surface area contributed by atoms with Crippen LogP contribution in [-0.2, 0) is 6.54 Å². The summed E-state index contributed by atoms with van der Waals surface area (Å²) >= 11 is 0. The van der Waals surface area contributed by atoms with Crippen LogP contribution in [0.5, 0.6) is 11.5 Å². The van der Waals surface area contributed by atoms with Gasteiger partial charge in [0, 0.05) is 50.8 Å². The third-order valence-corrected chi connectivity index (χ3v) is 6.46. The van der Waals surface area contributed by atoms with E-state index in [2.05, 4.69) is 14.8 Å². The van der Waals surface area contributed by atoms with Crippen molar-refractivity contribution in [1.82, 2.24) is 19.4 Å². The number of aromatic nitrogens is 2. The molecule has 2 N–H and O–H groups in total. The van der Waals surface area contributed by atoms with Gasteiger partial charge >= 0.3 is 0 Å². The minimum Gasteiger partial charge on any atom is -0.507 e. The van der Waals surface area contributed by atoms with Gasteiger partial charge in [-0.05, 0) is 42.3 Å². The molecule has 3 aromatic rings. The van der Waals surface area contributed by atoms with Crippen LogP contribution >= 0.6 is 0 Å². The molecule has 0 aliphatic carbocycles. The number of hydrogen-bond donors (Lipinski definition) is 2. The summed E-state index contributed by atoms with van der Waals surface area (Å²) in [7, 11) is 1.62. The minimum absolute atomic E-state index is 0.00413. The van der Waals surface area contributed by atoms with E-state index in [4.69, 9.17) is 4.74 Å². The van der Waals surface area contributed by atoms with Crippen LogP contribution in [0, 0.1) is 6.92 Å². The fourth-order valence-electron chi connectivity index (χ4n) is 4.65. The minimum atomic E-state index is -0.431. The van der Waals surface area contributed by atoms with Crippen LogP contribution < -0.4 is 10.3 Å². The zero-order chi connectivity index (χ0) is 24.1. The Kier molecular flexibility index (Phi) is 7.62. The van der Waals surface area contributed by atoms with Crippen molar-refractivity contribution in [2.75, 3.05) is 46.4 Å². The largest absolute Gasteiger partial charge is 0.507 e. The molecule has 180 valence electrons. The maximum absolute atomic E-state index is 13.9. The average Bonchev–Trinajstić information content (AvgIpc) is 2.86. The van der Waals surface area contributed by atoms with Crippen LogP contribution in [0.3, 0.4) is 0 Å². The van der Waals surface area contributed by atoms with Gasteiger partial charge < -0.3 is 19.5 Å². The number of aliphatic hydroxyl groups is 1. The topological polar surface area (TPSA) is 91.1 Å². The van der Waals surface area contributed by atoms with Gasteiger partial charge in [0.15, 0.2) is 0 Å². The highest BCUT2D eigenvalue weighted by atomic mass is 16.5. The van der Waals surface area contributed by atoms with Gasteiger partial charge in [-0.1, -0.05) is 18.2 Å². The number of β-amino-alcohol motifs (C(OH)–C–C–N with tert-alkyl or cyclic N) is 1. The second kappa shape index (κ2) is 10.8. The molecule has 1 aliphatic heterocycles. The van der Waals surface area contributed by atoms with Gasteiger partial charge in [-0.2, -0.15) is 0 Å². The molecule has 1 fully saturated rings. The first-order valence-corrected chi connectivity index (χ1v) is 11.5. The van der Waals surface area contributed by atoms with Crippen LogP contribution in [-0.4, -0.2) is 76.0 Å². The van der Waals surface area contributed by atoms with E-state index in [1.54, 1.807) is 30.1 Å². The van der Waals surface area contributed by atoms with E-state index in [0.717, 1.165) is 24.2 Å². The molecule has 1 saturated heterocycles. The summed E-state index contributed by atoms with van der Waals surface area (Å²) in [6.07, 6.45) is 3.45. The number of methoxy groups -OCH3 is 1. The van der Waals surface area contributed by atoms with Crippen molar-refractivity contribution in [2.24, 2.45) is 0 Å².